The van der Waals surface area contributed by atoms with Gasteiger partial charge in [-0.1, -0.05) is 20.8 Å². The molecular formula is C16H21FN4O3S. The third-order valence-corrected chi connectivity index (χ3v) is 4.73. The van der Waals surface area contributed by atoms with Gasteiger partial charge < -0.3 is 9.88 Å². The maximum absolute atomic E-state index is 14.0. The Bertz CT molecular complexity index is 858. The molecule has 25 heavy (non-hydrogen) atoms. The summed E-state index contributed by atoms with van der Waals surface area (Å²) in [6.07, 6.45) is 5.00. The zero-order valence-electron chi connectivity index (χ0n) is 14.2. The normalized spacial score (nSPS) is 13.5. The highest BCUT2D eigenvalue weighted by Crippen LogP contribution is 2.22. The summed E-state index contributed by atoms with van der Waals surface area (Å²) in [5.74, 6) is -1.52. The summed E-state index contributed by atoms with van der Waals surface area (Å²) < 4.78 is 38.7. The second kappa shape index (κ2) is 6.93. The van der Waals surface area contributed by atoms with Crippen molar-refractivity contribution in [3.05, 3.63) is 48.3 Å². The second-order valence-corrected chi connectivity index (χ2v) is 8.40. The minimum absolute atomic E-state index is 0.319. The molecule has 9 heteroatoms. The van der Waals surface area contributed by atoms with Crippen molar-refractivity contribution in [2.45, 2.75) is 38.3 Å². The fourth-order valence-corrected chi connectivity index (χ4v) is 2.77. The number of halogens is 1. The largest absolute Gasteiger partial charge is 0.347 e. The van der Waals surface area contributed by atoms with E-state index < -0.39 is 21.7 Å². The van der Waals surface area contributed by atoms with Gasteiger partial charge in [-0.25, -0.2) is 22.9 Å². The highest BCUT2D eigenvalue weighted by molar-refractivity contribution is 7.89. The number of aromatic nitrogens is 2. The predicted octanol–water partition coefficient (Wildman–Crippen LogP) is 1.51. The van der Waals surface area contributed by atoms with E-state index in [4.69, 9.17) is 5.14 Å². The standard InChI is InChI=1S/C16H21FN4O3S/c1-16(2,3)14(9-21-7-6-19-10-21)20-15(22)12-8-11(25(18,23)24)4-5-13(12)17/h4-8,10,14H,9H2,1-3H3,(H,20,22)(H2,18,23,24)/t14-/m1/s1. The van der Waals surface area contributed by atoms with Crippen LogP contribution in [-0.2, 0) is 16.6 Å². The van der Waals surface area contributed by atoms with E-state index in [1.807, 2.05) is 20.8 Å². The molecule has 1 heterocycles. The minimum atomic E-state index is -4.03. The lowest BCUT2D eigenvalue weighted by atomic mass is 9.86. The highest BCUT2D eigenvalue weighted by atomic mass is 32.2. The van der Waals surface area contributed by atoms with Gasteiger partial charge in [-0.2, -0.15) is 0 Å². The summed E-state index contributed by atoms with van der Waals surface area (Å²) >= 11 is 0. The van der Waals surface area contributed by atoms with Gasteiger partial charge in [0.25, 0.3) is 5.91 Å². The van der Waals surface area contributed by atoms with Crippen molar-refractivity contribution >= 4 is 15.9 Å². The van der Waals surface area contributed by atoms with Gasteiger partial charge in [-0.05, 0) is 23.6 Å². The fourth-order valence-electron chi connectivity index (χ4n) is 2.23. The molecule has 0 bridgehead atoms. The Labute approximate surface area is 146 Å². The van der Waals surface area contributed by atoms with E-state index in [9.17, 15) is 17.6 Å². The fraction of sp³-hybridized carbons (Fsp3) is 0.375. The molecule has 2 rings (SSSR count). The number of amides is 1. The van der Waals surface area contributed by atoms with Crippen molar-refractivity contribution in [3.8, 4) is 0 Å². The number of rotatable bonds is 5. The van der Waals surface area contributed by atoms with Gasteiger partial charge in [0.2, 0.25) is 10.0 Å². The lowest BCUT2D eigenvalue weighted by Crippen LogP contribution is -2.46. The van der Waals surface area contributed by atoms with E-state index >= 15 is 0 Å². The quantitative estimate of drug-likeness (QED) is 0.834. The van der Waals surface area contributed by atoms with E-state index in [0.29, 0.717) is 6.54 Å². The van der Waals surface area contributed by atoms with E-state index in [-0.39, 0.29) is 21.9 Å². The molecule has 1 aromatic heterocycles. The average molecular weight is 368 g/mol. The molecule has 1 aromatic carbocycles. The number of nitrogens with one attached hydrogen (secondary N) is 1. The van der Waals surface area contributed by atoms with Crippen molar-refractivity contribution < 1.29 is 17.6 Å². The molecule has 0 saturated carbocycles. The first-order valence-electron chi connectivity index (χ1n) is 7.57. The zero-order chi connectivity index (χ0) is 18.8. The third kappa shape index (κ3) is 4.86. The van der Waals surface area contributed by atoms with Gasteiger partial charge in [-0.15, -0.1) is 0 Å². The number of carbonyl (C=O) groups excluding carboxylic acids is 1. The molecule has 0 aliphatic rings. The third-order valence-electron chi connectivity index (χ3n) is 3.81. The van der Waals surface area contributed by atoms with Crippen LogP contribution in [0.3, 0.4) is 0 Å². The van der Waals surface area contributed by atoms with Gasteiger partial charge in [0.05, 0.1) is 22.8 Å². The molecule has 1 amide bonds. The molecule has 136 valence electrons. The molecule has 3 N–H and O–H groups in total. The number of nitrogens with two attached hydrogens (primary N) is 1. The van der Waals surface area contributed by atoms with Crippen LogP contribution in [0.4, 0.5) is 4.39 Å². The number of carbonyl (C=O) groups is 1. The molecule has 0 radical (unpaired) electrons. The first kappa shape index (κ1) is 19.1. The summed E-state index contributed by atoms with van der Waals surface area (Å²) in [7, 11) is -4.03. The van der Waals surface area contributed by atoms with Crippen LogP contribution in [0.15, 0.2) is 41.8 Å². The number of primary sulfonamides is 1. The number of hydrogen-bond donors (Lipinski definition) is 2. The molecule has 0 saturated heterocycles. The van der Waals surface area contributed by atoms with E-state index in [0.717, 1.165) is 18.2 Å². The highest BCUT2D eigenvalue weighted by Gasteiger charge is 2.28. The maximum Gasteiger partial charge on any atom is 0.254 e. The molecule has 0 aliphatic carbocycles. The molecule has 0 unspecified atom stereocenters. The second-order valence-electron chi connectivity index (χ2n) is 6.84. The van der Waals surface area contributed by atoms with E-state index in [1.165, 1.54) is 0 Å². The lowest BCUT2D eigenvalue weighted by Gasteiger charge is -2.32. The first-order chi connectivity index (χ1) is 11.5. The van der Waals surface area contributed by atoms with E-state index in [1.54, 1.807) is 23.3 Å². The predicted molar refractivity (Wildman–Crippen MR) is 90.7 cm³/mol. The van der Waals surface area contributed by atoms with Crippen molar-refractivity contribution in [1.29, 1.82) is 0 Å². The van der Waals surface area contributed by atoms with Crippen LogP contribution in [0.25, 0.3) is 0 Å². The summed E-state index contributed by atoms with van der Waals surface area (Å²) in [6.45, 7) is 6.25. The van der Waals surface area contributed by atoms with Gasteiger partial charge in [0.15, 0.2) is 0 Å². The van der Waals surface area contributed by atoms with E-state index in [2.05, 4.69) is 10.3 Å². The number of benzene rings is 1. The van der Waals surface area contributed by atoms with Crippen LogP contribution in [0.1, 0.15) is 31.1 Å². The Morgan fingerprint density at radius 3 is 2.60 bits per heavy atom. The summed E-state index contributed by atoms with van der Waals surface area (Å²) in [6, 6.07) is 2.54. The topological polar surface area (TPSA) is 107 Å². The molecule has 7 nitrogen and oxygen atoms in total. The molecular weight excluding hydrogens is 347 g/mol. The number of imidazole rings is 1. The minimum Gasteiger partial charge on any atom is -0.347 e. The summed E-state index contributed by atoms with van der Waals surface area (Å²) in [5, 5.41) is 7.81. The van der Waals surface area contributed by atoms with Crippen molar-refractivity contribution in [2.75, 3.05) is 0 Å². The Morgan fingerprint density at radius 1 is 1.40 bits per heavy atom. The van der Waals surface area contributed by atoms with Crippen molar-refractivity contribution in [1.82, 2.24) is 14.9 Å². The van der Waals surface area contributed by atoms with Gasteiger partial charge in [0, 0.05) is 18.9 Å². The monoisotopic (exact) mass is 368 g/mol. The Kier molecular flexibility index (Phi) is 5.28. The molecule has 1 atom stereocenters. The Balaban J connectivity index is 2.29. The average Bonchev–Trinajstić information content (AvgIpc) is 2.97. The van der Waals surface area contributed by atoms with Crippen LogP contribution < -0.4 is 10.5 Å². The number of nitrogens with zero attached hydrogens (tertiary/aromatic N) is 2. The molecule has 2 aromatic rings. The SMILES string of the molecule is CC(C)(C)[C@@H](Cn1ccnc1)NC(=O)c1cc(S(N)(=O)=O)ccc1F. The van der Waals surface area contributed by atoms with Gasteiger partial charge in [0.1, 0.15) is 5.82 Å². The first-order valence-corrected chi connectivity index (χ1v) is 9.12. The van der Waals surface area contributed by atoms with Crippen molar-refractivity contribution in [3.63, 3.8) is 0 Å². The van der Waals surface area contributed by atoms with Crippen LogP contribution >= 0.6 is 0 Å². The lowest BCUT2D eigenvalue weighted by molar-refractivity contribution is 0.0888. The Hall–Kier alpha value is -2.26. The van der Waals surface area contributed by atoms with Gasteiger partial charge in [-0.3, -0.25) is 4.79 Å². The summed E-state index contributed by atoms with van der Waals surface area (Å²) in [4.78, 5) is 16.2. The number of hydrogen-bond acceptors (Lipinski definition) is 4. The Morgan fingerprint density at radius 2 is 2.08 bits per heavy atom. The van der Waals surface area contributed by atoms with Crippen LogP contribution in [-0.4, -0.2) is 29.9 Å². The number of sulfonamides is 1. The smallest absolute Gasteiger partial charge is 0.254 e. The zero-order valence-corrected chi connectivity index (χ0v) is 15.0. The maximum atomic E-state index is 14.0. The molecule has 0 spiro atoms. The molecule has 0 aliphatic heterocycles. The molecule has 0 fully saturated rings. The van der Waals surface area contributed by atoms with Crippen LogP contribution in [0, 0.1) is 11.2 Å². The van der Waals surface area contributed by atoms with Gasteiger partial charge >= 0.3 is 0 Å². The van der Waals surface area contributed by atoms with Crippen molar-refractivity contribution in [2.24, 2.45) is 10.6 Å². The summed E-state index contributed by atoms with van der Waals surface area (Å²) in [5.41, 5.74) is -0.695. The van der Waals surface area contributed by atoms with Crippen LogP contribution in [0.5, 0.6) is 0 Å². The van der Waals surface area contributed by atoms with Crippen LogP contribution in [0.2, 0.25) is 0 Å².